The van der Waals surface area contributed by atoms with Crippen molar-refractivity contribution in [3.05, 3.63) is 95.7 Å². The smallest absolute Gasteiger partial charge is 0.258 e. The van der Waals surface area contributed by atoms with Crippen molar-refractivity contribution in [1.82, 2.24) is 15.2 Å². The largest absolute Gasteiger partial charge is 0.496 e. The van der Waals surface area contributed by atoms with E-state index in [1.165, 1.54) is 6.92 Å². The first kappa shape index (κ1) is 27.3. The number of H-pyrrole nitrogens is 1. The second-order valence-electron chi connectivity index (χ2n) is 9.31. The SMILES string of the molecule is COc1ccccc1CN(CC(Cc1c[nH]c2ccccc12)NC(=O)COc1ccc(CC#N)cc1)C(C)=O. The van der Waals surface area contributed by atoms with E-state index in [1.807, 2.05) is 54.7 Å². The molecule has 2 amide bonds. The Balaban J connectivity index is 1.49. The van der Waals surface area contributed by atoms with Crippen LogP contribution in [0.2, 0.25) is 0 Å². The summed E-state index contributed by atoms with van der Waals surface area (Å²) in [4.78, 5) is 30.7. The molecule has 8 nitrogen and oxygen atoms in total. The van der Waals surface area contributed by atoms with Crippen LogP contribution in [0.1, 0.15) is 23.6 Å². The molecule has 0 fully saturated rings. The minimum atomic E-state index is -0.364. The summed E-state index contributed by atoms with van der Waals surface area (Å²) in [6, 6.07) is 24.4. The van der Waals surface area contributed by atoms with E-state index in [4.69, 9.17) is 14.7 Å². The van der Waals surface area contributed by atoms with Gasteiger partial charge in [-0.3, -0.25) is 9.59 Å². The Labute approximate surface area is 228 Å². The number of methoxy groups -OCH3 is 1. The number of carbonyl (C=O) groups excluding carboxylic acids is 2. The lowest BCUT2D eigenvalue weighted by atomic mass is 10.0. The fraction of sp³-hybridized carbons (Fsp3) is 0.258. The number of nitriles is 1. The zero-order chi connectivity index (χ0) is 27.6. The van der Waals surface area contributed by atoms with E-state index < -0.39 is 0 Å². The van der Waals surface area contributed by atoms with Crippen LogP contribution in [0.25, 0.3) is 10.9 Å². The van der Waals surface area contributed by atoms with E-state index in [-0.39, 0.29) is 24.5 Å². The quantitative estimate of drug-likeness (QED) is 0.286. The van der Waals surface area contributed by atoms with Gasteiger partial charge in [-0.1, -0.05) is 48.5 Å². The number of benzene rings is 3. The molecule has 0 aliphatic rings. The van der Waals surface area contributed by atoms with Crippen LogP contribution in [0.3, 0.4) is 0 Å². The van der Waals surface area contributed by atoms with Crippen LogP contribution in [0.15, 0.2) is 79.0 Å². The molecule has 0 radical (unpaired) electrons. The maximum Gasteiger partial charge on any atom is 0.258 e. The third-order valence-electron chi connectivity index (χ3n) is 6.52. The first-order valence-corrected chi connectivity index (χ1v) is 12.8. The fourth-order valence-corrected chi connectivity index (χ4v) is 4.55. The monoisotopic (exact) mass is 524 g/mol. The number of carbonyl (C=O) groups is 2. The number of hydrogen-bond acceptors (Lipinski definition) is 5. The Kier molecular flexibility index (Phi) is 9.20. The van der Waals surface area contributed by atoms with Crippen molar-refractivity contribution >= 4 is 22.7 Å². The number of amides is 2. The maximum absolute atomic E-state index is 13.0. The Morgan fingerprint density at radius 1 is 1.03 bits per heavy atom. The van der Waals surface area contributed by atoms with Crippen molar-refractivity contribution in [2.75, 3.05) is 20.3 Å². The molecule has 0 spiro atoms. The summed E-state index contributed by atoms with van der Waals surface area (Å²) >= 11 is 0. The molecule has 0 saturated heterocycles. The standard InChI is InChI=1S/C31H32N4O4/c1-22(36)35(19-24-7-3-6-10-30(24)38-2)20-26(17-25-18-33-29-9-5-4-8-28(25)29)34-31(37)21-39-27-13-11-23(12-14-27)15-16-32/h3-14,18,26,33H,15,17,19-21H2,1-2H3,(H,34,37). The maximum atomic E-state index is 13.0. The van der Waals surface area contributed by atoms with Gasteiger partial charge >= 0.3 is 0 Å². The van der Waals surface area contributed by atoms with Crippen molar-refractivity contribution < 1.29 is 19.1 Å². The molecule has 1 heterocycles. The van der Waals surface area contributed by atoms with E-state index in [1.54, 1.807) is 36.3 Å². The van der Waals surface area contributed by atoms with Gasteiger partial charge in [0.15, 0.2) is 6.61 Å². The van der Waals surface area contributed by atoms with Crippen molar-refractivity contribution in [2.45, 2.75) is 32.4 Å². The average molecular weight is 525 g/mol. The van der Waals surface area contributed by atoms with Gasteiger partial charge in [0.1, 0.15) is 11.5 Å². The summed E-state index contributed by atoms with van der Waals surface area (Å²) < 4.78 is 11.2. The molecule has 0 aliphatic heterocycles. The molecule has 3 aromatic carbocycles. The summed E-state index contributed by atoms with van der Waals surface area (Å²) in [7, 11) is 1.61. The van der Waals surface area contributed by atoms with Crippen molar-refractivity contribution in [3.63, 3.8) is 0 Å². The molecular weight excluding hydrogens is 492 g/mol. The molecule has 8 heteroatoms. The molecule has 1 atom stereocenters. The van der Waals surface area contributed by atoms with Gasteiger partial charge in [0.05, 0.1) is 25.6 Å². The first-order chi connectivity index (χ1) is 19.0. The molecule has 1 aromatic heterocycles. The number of nitrogens with zero attached hydrogens (tertiary/aromatic N) is 2. The van der Waals surface area contributed by atoms with Crippen LogP contribution in [0.4, 0.5) is 0 Å². The van der Waals surface area contributed by atoms with Gasteiger partial charge in [-0.15, -0.1) is 0 Å². The second-order valence-corrected chi connectivity index (χ2v) is 9.31. The van der Waals surface area contributed by atoms with Gasteiger partial charge in [0.2, 0.25) is 5.91 Å². The highest BCUT2D eigenvalue weighted by Gasteiger charge is 2.22. The molecule has 0 bridgehead atoms. The number of fused-ring (bicyclic) bond motifs is 1. The molecule has 1 unspecified atom stereocenters. The summed E-state index contributed by atoms with van der Waals surface area (Å²) in [5.74, 6) is 0.853. The lowest BCUT2D eigenvalue weighted by Gasteiger charge is -2.28. The zero-order valence-corrected chi connectivity index (χ0v) is 22.1. The number of ether oxygens (including phenoxy) is 2. The summed E-state index contributed by atoms with van der Waals surface area (Å²) in [5, 5.41) is 13.0. The topological polar surface area (TPSA) is 107 Å². The molecular formula is C31H32N4O4. The van der Waals surface area contributed by atoms with Crippen molar-refractivity contribution in [2.24, 2.45) is 0 Å². The minimum Gasteiger partial charge on any atom is -0.496 e. The average Bonchev–Trinajstić information content (AvgIpc) is 3.35. The Hall–Kier alpha value is -4.77. The van der Waals surface area contributed by atoms with E-state index in [2.05, 4.69) is 16.4 Å². The third kappa shape index (κ3) is 7.39. The minimum absolute atomic E-state index is 0.104. The van der Waals surface area contributed by atoms with E-state index in [0.717, 1.165) is 27.6 Å². The molecule has 4 aromatic rings. The Morgan fingerprint density at radius 2 is 1.77 bits per heavy atom. The predicted octanol–water partition coefficient (Wildman–Crippen LogP) is 4.40. The Bertz CT molecular complexity index is 1460. The van der Waals surface area contributed by atoms with Gasteiger partial charge in [-0.05, 0) is 41.8 Å². The number of aromatic nitrogens is 1. The molecule has 0 saturated carbocycles. The third-order valence-corrected chi connectivity index (χ3v) is 6.52. The molecule has 200 valence electrons. The van der Waals surface area contributed by atoms with Crippen LogP contribution >= 0.6 is 0 Å². The van der Waals surface area contributed by atoms with Crippen LogP contribution < -0.4 is 14.8 Å². The lowest BCUT2D eigenvalue weighted by molar-refractivity contribution is -0.131. The summed E-state index contributed by atoms with van der Waals surface area (Å²) in [5.41, 5.74) is 3.83. The van der Waals surface area contributed by atoms with Gasteiger partial charge in [-0.25, -0.2) is 0 Å². The second kappa shape index (κ2) is 13.2. The predicted molar refractivity (Wildman–Crippen MR) is 149 cm³/mol. The van der Waals surface area contributed by atoms with Crippen molar-refractivity contribution in [1.29, 1.82) is 5.26 Å². The molecule has 4 rings (SSSR count). The normalized spacial score (nSPS) is 11.4. The van der Waals surface area contributed by atoms with E-state index in [0.29, 0.717) is 37.4 Å². The number of rotatable bonds is 12. The van der Waals surface area contributed by atoms with Gasteiger partial charge < -0.3 is 24.7 Å². The molecule has 2 N–H and O–H groups in total. The van der Waals surface area contributed by atoms with E-state index >= 15 is 0 Å². The van der Waals surface area contributed by atoms with Crippen LogP contribution in [0, 0.1) is 11.3 Å². The summed E-state index contributed by atoms with van der Waals surface area (Å²) in [6.45, 7) is 2.01. The zero-order valence-electron chi connectivity index (χ0n) is 22.1. The van der Waals surface area contributed by atoms with Crippen LogP contribution in [-0.2, 0) is 29.0 Å². The molecule has 0 aliphatic carbocycles. The van der Waals surface area contributed by atoms with Crippen molar-refractivity contribution in [3.8, 4) is 17.6 Å². The first-order valence-electron chi connectivity index (χ1n) is 12.8. The summed E-state index contributed by atoms with van der Waals surface area (Å²) in [6.07, 6.45) is 2.79. The highest BCUT2D eigenvalue weighted by molar-refractivity contribution is 5.83. The highest BCUT2D eigenvalue weighted by atomic mass is 16.5. The Morgan fingerprint density at radius 3 is 2.51 bits per heavy atom. The van der Waals surface area contributed by atoms with Crippen LogP contribution in [0.5, 0.6) is 11.5 Å². The number of para-hydroxylation sites is 2. The fourth-order valence-electron chi connectivity index (χ4n) is 4.55. The lowest BCUT2D eigenvalue weighted by Crippen LogP contribution is -2.47. The number of nitrogens with one attached hydrogen (secondary N) is 2. The number of hydrogen-bond donors (Lipinski definition) is 2. The van der Waals surface area contributed by atoms with Gasteiger partial charge in [-0.2, -0.15) is 5.26 Å². The van der Waals surface area contributed by atoms with E-state index in [9.17, 15) is 9.59 Å². The van der Waals surface area contributed by atoms with Gasteiger partial charge in [0.25, 0.3) is 5.91 Å². The highest BCUT2D eigenvalue weighted by Crippen LogP contribution is 2.22. The number of aromatic amines is 1. The van der Waals surface area contributed by atoms with Gasteiger partial charge in [0, 0.05) is 42.7 Å². The molecule has 39 heavy (non-hydrogen) atoms. The van der Waals surface area contributed by atoms with Crippen LogP contribution in [-0.4, -0.2) is 48.0 Å².